The molecule has 0 saturated carbocycles. The van der Waals surface area contributed by atoms with E-state index in [0.717, 1.165) is 10.8 Å². The monoisotopic (exact) mass is 420 g/mol. The summed E-state index contributed by atoms with van der Waals surface area (Å²) in [7, 11) is 0. The van der Waals surface area contributed by atoms with Gasteiger partial charge in [0.2, 0.25) is 5.91 Å². The first-order valence-electron chi connectivity index (χ1n) is 9.13. The smallest absolute Gasteiger partial charge is 0.311 e. The number of ketones is 1. The molecule has 2 aromatic rings. The largest absolute Gasteiger partial charge is 0.466 e. The zero-order valence-corrected chi connectivity index (χ0v) is 17.8. The summed E-state index contributed by atoms with van der Waals surface area (Å²) in [6.45, 7) is 5.88. The number of carbonyl (C=O) groups excluding carboxylic acids is 3. The quantitative estimate of drug-likeness (QED) is 0.349. The number of carbonyl (C=O) groups is 3. The van der Waals surface area contributed by atoms with Crippen molar-refractivity contribution in [2.45, 2.75) is 49.6 Å². The highest BCUT2D eigenvalue weighted by molar-refractivity contribution is 8.02. The molecule has 150 valence electrons. The van der Waals surface area contributed by atoms with E-state index in [9.17, 15) is 14.4 Å². The molecular formula is C20H24N2O4S2. The minimum Gasteiger partial charge on any atom is -0.466 e. The molecule has 0 radical (unpaired) electrons. The Bertz CT molecular complexity index is 818. The fraction of sp³-hybridized carbons (Fsp3) is 0.400. The van der Waals surface area contributed by atoms with Crippen LogP contribution < -0.4 is 5.32 Å². The number of anilines is 1. The van der Waals surface area contributed by atoms with Crippen molar-refractivity contribution in [1.29, 1.82) is 0 Å². The molecular weight excluding hydrogens is 396 g/mol. The van der Waals surface area contributed by atoms with Gasteiger partial charge in [0, 0.05) is 23.1 Å². The van der Waals surface area contributed by atoms with Gasteiger partial charge >= 0.3 is 5.97 Å². The van der Waals surface area contributed by atoms with E-state index in [1.165, 1.54) is 23.1 Å². The van der Waals surface area contributed by atoms with E-state index in [0.29, 0.717) is 30.0 Å². The highest BCUT2D eigenvalue weighted by Gasteiger charge is 2.19. The fourth-order valence-electron chi connectivity index (χ4n) is 2.39. The molecule has 0 fully saturated rings. The van der Waals surface area contributed by atoms with E-state index in [-0.39, 0.29) is 29.3 Å². The molecule has 8 heteroatoms. The minimum atomic E-state index is -0.317. The number of nitrogens with zero attached hydrogens (tertiary/aromatic N) is 1. The van der Waals surface area contributed by atoms with Crippen LogP contribution in [0.3, 0.4) is 0 Å². The lowest BCUT2D eigenvalue weighted by atomic mass is 10.1. The van der Waals surface area contributed by atoms with Gasteiger partial charge in [-0.3, -0.25) is 14.4 Å². The Morgan fingerprint density at radius 3 is 2.57 bits per heavy atom. The molecule has 6 nitrogen and oxygen atoms in total. The molecule has 28 heavy (non-hydrogen) atoms. The first-order chi connectivity index (χ1) is 13.4. The number of rotatable bonds is 10. The van der Waals surface area contributed by atoms with Crippen molar-refractivity contribution in [3.05, 3.63) is 40.9 Å². The van der Waals surface area contributed by atoms with Crippen LogP contribution in [0, 0.1) is 0 Å². The molecule has 0 spiro atoms. The lowest BCUT2D eigenvalue weighted by Gasteiger charge is -2.09. The molecule has 0 bridgehead atoms. The van der Waals surface area contributed by atoms with Gasteiger partial charge in [0.15, 0.2) is 10.1 Å². The van der Waals surface area contributed by atoms with Crippen LogP contribution in [-0.4, -0.2) is 34.5 Å². The Hall–Kier alpha value is -2.19. The van der Waals surface area contributed by atoms with Crippen molar-refractivity contribution in [3.8, 4) is 0 Å². The van der Waals surface area contributed by atoms with Crippen LogP contribution in [0.1, 0.15) is 49.7 Å². The third kappa shape index (κ3) is 6.76. The maximum absolute atomic E-state index is 12.6. The maximum Gasteiger partial charge on any atom is 0.311 e. The Balaban J connectivity index is 1.92. The second-order valence-corrected chi connectivity index (χ2v) is 8.53. The Labute approximate surface area is 173 Å². The van der Waals surface area contributed by atoms with Gasteiger partial charge in [0.05, 0.1) is 24.0 Å². The summed E-state index contributed by atoms with van der Waals surface area (Å²) in [5.41, 5.74) is 1.91. The number of Topliss-reactive ketones (excluding diaryl/α,β-unsaturated/α-hetero) is 1. The molecule has 1 heterocycles. The van der Waals surface area contributed by atoms with Crippen molar-refractivity contribution >= 4 is 46.4 Å². The molecule has 0 aliphatic carbocycles. The van der Waals surface area contributed by atoms with Gasteiger partial charge in [-0.05, 0) is 44.5 Å². The van der Waals surface area contributed by atoms with Crippen LogP contribution in [0.15, 0.2) is 34.0 Å². The molecule has 0 saturated heterocycles. The second-order valence-electron chi connectivity index (χ2n) is 6.09. The summed E-state index contributed by atoms with van der Waals surface area (Å²) in [6, 6.07) is 6.90. The third-order valence-electron chi connectivity index (χ3n) is 3.74. The highest BCUT2D eigenvalue weighted by atomic mass is 32.2. The number of esters is 1. The predicted molar refractivity (Wildman–Crippen MR) is 112 cm³/mol. The van der Waals surface area contributed by atoms with Crippen LogP contribution in [-0.2, 0) is 20.7 Å². The van der Waals surface area contributed by atoms with E-state index in [1.807, 2.05) is 19.2 Å². The number of benzene rings is 1. The number of amides is 1. The fourth-order valence-corrected chi connectivity index (χ4v) is 4.45. The van der Waals surface area contributed by atoms with E-state index < -0.39 is 0 Å². The van der Waals surface area contributed by atoms with Crippen LogP contribution in [0.5, 0.6) is 0 Å². The average Bonchev–Trinajstić information content (AvgIpc) is 3.08. The summed E-state index contributed by atoms with van der Waals surface area (Å²) in [5, 5.41) is 4.30. The second kappa shape index (κ2) is 11.0. The van der Waals surface area contributed by atoms with Gasteiger partial charge in [-0.25, -0.2) is 4.98 Å². The highest BCUT2D eigenvalue weighted by Crippen LogP contribution is 2.29. The molecule has 1 aromatic heterocycles. The molecule has 1 atom stereocenters. The predicted octanol–water partition coefficient (Wildman–Crippen LogP) is 4.35. The number of hydrogen-bond acceptors (Lipinski definition) is 7. The van der Waals surface area contributed by atoms with Crippen molar-refractivity contribution in [3.63, 3.8) is 0 Å². The Kier molecular flexibility index (Phi) is 8.66. The van der Waals surface area contributed by atoms with Gasteiger partial charge in [0.1, 0.15) is 0 Å². The van der Waals surface area contributed by atoms with Gasteiger partial charge < -0.3 is 10.1 Å². The van der Waals surface area contributed by atoms with Crippen molar-refractivity contribution in [1.82, 2.24) is 4.98 Å². The van der Waals surface area contributed by atoms with Gasteiger partial charge in [-0.2, -0.15) is 0 Å². The number of thiazole rings is 1. The number of aromatic nitrogens is 1. The maximum atomic E-state index is 12.6. The standard InChI is InChI=1S/C20H24N2O4S2/c1-4-6-17(23)21-15-9-7-14(8-10-15)19(25)13(3)28-20-22-16(12-27-20)11-18(24)26-5-2/h7-10,12-13H,4-6,11H2,1-3H3,(H,21,23)/t13-/m0/s1. The molecule has 0 unspecified atom stereocenters. The van der Waals surface area contributed by atoms with Crippen LogP contribution >= 0.6 is 23.1 Å². The minimum absolute atomic E-state index is 0.0152. The molecule has 1 N–H and O–H groups in total. The summed E-state index contributed by atoms with van der Waals surface area (Å²) in [5.74, 6) is -0.355. The normalized spacial score (nSPS) is 11.7. The van der Waals surface area contributed by atoms with E-state index in [4.69, 9.17) is 4.74 Å². The summed E-state index contributed by atoms with van der Waals surface area (Å²) in [6.07, 6.45) is 1.40. The van der Waals surface area contributed by atoms with Gasteiger partial charge in [0.25, 0.3) is 0 Å². The average molecular weight is 421 g/mol. The van der Waals surface area contributed by atoms with Crippen molar-refractivity contribution < 1.29 is 19.1 Å². The number of hydrogen-bond donors (Lipinski definition) is 1. The van der Waals surface area contributed by atoms with Crippen molar-refractivity contribution in [2.75, 3.05) is 11.9 Å². The van der Waals surface area contributed by atoms with E-state index in [1.54, 1.807) is 31.2 Å². The Morgan fingerprint density at radius 1 is 1.21 bits per heavy atom. The number of thioether (sulfide) groups is 1. The molecule has 1 amide bonds. The van der Waals surface area contributed by atoms with E-state index in [2.05, 4.69) is 10.3 Å². The molecule has 0 aliphatic rings. The molecule has 2 rings (SSSR count). The van der Waals surface area contributed by atoms with Crippen LogP contribution in [0.4, 0.5) is 5.69 Å². The van der Waals surface area contributed by atoms with Crippen LogP contribution in [0.2, 0.25) is 0 Å². The van der Waals surface area contributed by atoms with Gasteiger partial charge in [-0.1, -0.05) is 18.7 Å². The lowest BCUT2D eigenvalue weighted by Crippen LogP contribution is -2.14. The number of nitrogens with one attached hydrogen (secondary N) is 1. The summed E-state index contributed by atoms with van der Waals surface area (Å²) in [4.78, 5) is 40.2. The summed E-state index contributed by atoms with van der Waals surface area (Å²) >= 11 is 2.77. The topological polar surface area (TPSA) is 85.4 Å². The number of ether oxygens (including phenoxy) is 1. The SMILES string of the molecule is CCCC(=O)Nc1ccc(C(=O)[C@H](C)Sc2nc(CC(=O)OCC)cs2)cc1. The van der Waals surface area contributed by atoms with E-state index >= 15 is 0 Å². The van der Waals surface area contributed by atoms with Gasteiger partial charge in [-0.15, -0.1) is 11.3 Å². The molecule has 0 aliphatic heterocycles. The lowest BCUT2D eigenvalue weighted by molar-refractivity contribution is -0.142. The molecule has 1 aromatic carbocycles. The first-order valence-corrected chi connectivity index (χ1v) is 10.9. The Morgan fingerprint density at radius 2 is 1.93 bits per heavy atom. The first kappa shape index (κ1) is 22.1. The van der Waals surface area contributed by atoms with Crippen LogP contribution in [0.25, 0.3) is 0 Å². The summed E-state index contributed by atoms with van der Waals surface area (Å²) < 4.78 is 5.66. The zero-order valence-electron chi connectivity index (χ0n) is 16.2. The third-order valence-corrected chi connectivity index (χ3v) is 5.86. The zero-order chi connectivity index (χ0) is 20.5. The van der Waals surface area contributed by atoms with Crippen molar-refractivity contribution in [2.24, 2.45) is 0 Å².